The highest BCUT2D eigenvalue weighted by molar-refractivity contribution is 8.04. The van der Waals surface area contributed by atoms with Crippen LogP contribution in [-0.4, -0.2) is 48.9 Å². The van der Waals surface area contributed by atoms with Gasteiger partial charge in [0.05, 0.1) is 10.6 Å². The second-order valence-corrected chi connectivity index (χ2v) is 10.3. The van der Waals surface area contributed by atoms with Gasteiger partial charge in [0.1, 0.15) is 12.4 Å². The molecule has 2 aliphatic heterocycles. The van der Waals surface area contributed by atoms with Crippen molar-refractivity contribution in [2.45, 2.75) is 24.8 Å². The zero-order valence-corrected chi connectivity index (χ0v) is 21.2. The Labute approximate surface area is 215 Å². The highest BCUT2D eigenvalue weighted by Crippen LogP contribution is 2.42. The fourth-order valence-corrected chi connectivity index (χ4v) is 5.81. The number of fused-ring (bicyclic) bond motifs is 1. The van der Waals surface area contributed by atoms with E-state index in [0.717, 1.165) is 17.1 Å². The molecule has 0 bridgehead atoms. The van der Waals surface area contributed by atoms with Gasteiger partial charge in [-0.25, -0.2) is 4.39 Å². The molecular weight excluding hydrogens is 473 g/mol. The standard InChI is InChI=1S/C29H28FN3O2S/c1-20-8-7-10-23(16-20)32-15-14-31(18-21(32)2)28(34)19-33-25-12-5-6-13-26(25)36-27(29(33)35)17-22-9-3-4-11-24(22)30/h3-13,16-17,21H,14-15,18-19H2,1-2H3. The molecule has 3 aromatic rings. The monoisotopic (exact) mass is 501 g/mol. The molecule has 7 heteroatoms. The second kappa shape index (κ2) is 10.2. The van der Waals surface area contributed by atoms with E-state index in [9.17, 15) is 14.0 Å². The van der Waals surface area contributed by atoms with Crippen LogP contribution in [0.3, 0.4) is 0 Å². The predicted octanol–water partition coefficient (Wildman–Crippen LogP) is 5.35. The average Bonchev–Trinajstić information content (AvgIpc) is 2.87. The summed E-state index contributed by atoms with van der Waals surface area (Å²) < 4.78 is 14.3. The van der Waals surface area contributed by atoms with Gasteiger partial charge < -0.3 is 9.80 Å². The molecule has 0 aliphatic carbocycles. The third kappa shape index (κ3) is 4.88. The molecule has 0 spiro atoms. The number of benzene rings is 3. The number of hydrogen-bond donors (Lipinski definition) is 0. The number of hydrogen-bond acceptors (Lipinski definition) is 4. The summed E-state index contributed by atoms with van der Waals surface area (Å²) in [5.74, 6) is -0.770. The normalized spacial score (nSPS) is 19.0. The summed E-state index contributed by atoms with van der Waals surface area (Å²) in [5.41, 5.74) is 3.42. The minimum Gasteiger partial charge on any atom is -0.365 e. The van der Waals surface area contributed by atoms with Gasteiger partial charge in [0, 0.05) is 41.8 Å². The lowest BCUT2D eigenvalue weighted by molar-refractivity contribution is -0.131. The molecule has 1 fully saturated rings. The molecule has 1 atom stereocenters. The Morgan fingerprint density at radius 3 is 2.61 bits per heavy atom. The Morgan fingerprint density at radius 2 is 1.83 bits per heavy atom. The van der Waals surface area contributed by atoms with Crippen LogP contribution in [0.5, 0.6) is 0 Å². The Kier molecular flexibility index (Phi) is 6.83. The third-order valence-corrected chi connectivity index (χ3v) is 7.71. The topological polar surface area (TPSA) is 43.9 Å². The number of rotatable bonds is 4. The van der Waals surface area contributed by atoms with Gasteiger partial charge in [0.25, 0.3) is 5.91 Å². The predicted molar refractivity (Wildman–Crippen MR) is 144 cm³/mol. The van der Waals surface area contributed by atoms with Crippen LogP contribution in [0.2, 0.25) is 0 Å². The first kappa shape index (κ1) is 24.1. The van der Waals surface area contributed by atoms with E-state index in [1.54, 1.807) is 24.3 Å². The number of carbonyl (C=O) groups excluding carboxylic acids is 2. The van der Waals surface area contributed by atoms with Crippen molar-refractivity contribution in [3.05, 3.63) is 94.6 Å². The largest absolute Gasteiger partial charge is 0.365 e. The SMILES string of the molecule is Cc1cccc(N2CCN(C(=O)CN3C(=O)C(=Cc4ccccc4F)Sc4ccccc43)CC2C)c1. The molecule has 1 unspecified atom stereocenters. The first-order chi connectivity index (χ1) is 17.4. The zero-order valence-electron chi connectivity index (χ0n) is 20.4. The van der Waals surface area contributed by atoms with Crippen LogP contribution in [0.15, 0.2) is 82.6 Å². The lowest BCUT2D eigenvalue weighted by atomic mass is 10.1. The van der Waals surface area contributed by atoms with Gasteiger partial charge in [-0.15, -0.1) is 0 Å². The maximum Gasteiger partial charge on any atom is 0.265 e. The maximum absolute atomic E-state index is 14.3. The van der Waals surface area contributed by atoms with Crippen LogP contribution in [0.25, 0.3) is 6.08 Å². The fraction of sp³-hybridized carbons (Fsp3) is 0.241. The van der Waals surface area contributed by atoms with Gasteiger partial charge in [-0.3, -0.25) is 14.5 Å². The maximum atomic E-state index is 14.3. The molecule has 36 heavy (non-hydrogen) atoms. The molecule has 0 N–H and O–H groups in total. The van der Waals surface area contributed by atoms with E-state index < -0.39 is 0 Å². The van der Waals surface area contributed by atoms with Gasteiger partial charge in [-0.2, -0.15) is 0 Å². The molecule has 0 radical (unpaired) electrons. The van der Waals surface area contributed by atoms with E-state index in [4.69, 9.17) is 0 Å². The van der Waals surface area contributed by atoms with Gasteiger partial charge in [0.15, 0.2) is 0 Å². The summed E-state index contributed by atoms with van der Waals surface area (Å²) in [6.07, 6.45) is 1.57. The quantitative estimate of drug-likeness (QED) is 0.452. The van der Waals surface area contributed by atoms with E-state index in [1.165, 1.54) is 28.3 Å². The molecule has 5 rings (SSSR count). The summed E-state index contributed by atoms with van der Waals surface area (Å²) in [6, 6.07) is 22.4. The van der Waals surface area contributed by atoms with E-state index >= 15 is 0 Å². The number of carbonyl (C=O) groups is 2. The van der Waals surface area contributed by atoms with E-state index in [0.29, 0.717) is 29.2 Å². The highest BCUT2D eigenvalue weighted by Gasteiger charge is 2.33. The molecular formula is C29H28FN3O2S. The highest BCUT2D eigenvalue weighted by atomic mass is 32.2. The summed E-state index contributed by atoms with van der Waals surface area (Å²) in [6.45, 7) is 6.05. The van der Waals surface area contributed by atoms with Gasteiger partial charge in [0.2, 0.25) is 5.91 Å². The van der Waals surface area contributed by atoms with Crippen molar-refractivity contribution in [2.75, 3.05) is 36.0 Å². The van der Waals surface area contributed by atoms with Gasteiger partial charge in [-0.1, -0.05) is 54.2 Å². The van der Waals surface area contributed by atoms with Crippen molar-refractivity contribution in [2.24, 2.45) is 0 Å². The number of para-hydroxylation sites is 1. The first-order valence-corrected chi connectivity index (χ1v) is 12.9. The summed E-state index contributed by atoms with van der Waals surface area (Å²) >= 11 is 1.31. The summed E-state index contributed by atoms with van der Waals surface area (Å²) in [4.78, 5) is 33.9. The molecule has 3 aromatic carbocycles. The zero-order chi connectivity index (χ0) is 25.2. The molecule has 5 nitrogen and oxygen atoms in total. The van der Waals surface area contributed by atoms with Crippen LogP contribution in [0, 0.1) is 12.7 Å². The van der Waals surface area contributed by atoms with Crippen LogP contribution in [0.4, 0.5) is 15.8 Å². The number of aryl methyl sites for hydroxylation is 1. The average molecular weight is 502 g/mol. The lowest BCUT2D eigenvalue weighted by Gasteiger charge is -2.42. The van der Waals surface area contributed by atoms with Crippen molar-refractivity contribution < 1.29 is 14.0 Å². The van der Waals surface area contributed by atoms with Crippen molar-refractivity contribution in [1.29, 1.82) is 0 Å². The fourth-order valence-electron chi connectivity index (χ4n) is 4.76. The molecule has 2 aliphatic rings. The van der Waals surface area contributed by atoms with Crippen molar-refractivity contribution in [3.8, 4) is 0 Å². The number of amides is 2. The third-order valence-electron chi connectivity index (χ3n) is 6.63. The number of halogens is 1. The number of piperazine rings is 1. The second-order valence-electron chi connectivity index (χ2n) is 9.21. The van der Waals surface area contributed by atoms with Crippen LogP contribution in [-0.2, 0) is 9.59 Å². The molecule has 0 aromatic heterocycles. The molecule has 2 amide bonds. The van der Waals surface area contributed by atoms with Gasteiger partial charge >= 0.3 is 0 Å². The molecule has 0 saturated carbocycles. The molecule has 1 saturated heterocycles. The molecule has 184 valence electrons. The lowest BCUT2D eigenvalue weighted by Crippen LogP contribution is -2.56. The van der Waals surface area contributed by atoms with E-state index in [-0.39, 0.29) is 30.2 Å². The van der Waals surface area contributed by atoms with Crippen LogP contribution in [0.1, 0.15) is 18.1 Å². The smallest absolute Gasteiger partial charge is 0.265 e. The van der Waals surface area contributed by atoms with Crippen LogP contribution < -0.4 is 9.80 Å². The first-order valence-electron chi connectivity index (χ1n) is 12.1. The van der Waals surface area contributed by atoms with E-state index in [2.05, 4.69) is 43.0 Å². The van der Waals surface area contributed by atoms with Crippen molar-refractivity contribution in [3.63, 3.8) is 0 Å². The number of thioether (sulfide) groups is 1. The minimum atomic E-state index is -0.389. The van der Waals surface area contributed by atoms with E-state index in [1.807, 2.05) is 29.2 Å². The van der Waals surface area contributed by atoms with Crippen molar-refractivity contribution >= 4 is 41.0 Å². The van der Waals surface area contributed by atoms with Gasteiger partial charge in [-0.05, 0) is 55.8 Å². The Hall–Kier alpha value is -3.58. The Balaban J connectivity index is 1.35. The van der Waals surface area contributed by atoms with Crippen molar-refractivity contribution in [1.82, 2.24) is 4.90 Å². The number of nitrogens with zero attached hydrogens (tertiary/aromatic N) is 3. The minimum absolute atomic E-state index is 0.0534. The van der Waals surface area contributed by atoms with Crippen LogP contribution >= 0.6 is 11.8 Å². The summed E-state index contributed by atoms with van der Waals surface area (Å²) in [5, 5.41) is 0. The summed E-state index contributed by atoms with van der Waals surface area (Å²) in [7, 11) is 0. The molecule has 2 heterocycles. The Bertz CT molecular complexity index is 1340. The Morgan fingerprint density at radius 1 is 1.06 bits per heavy atom. The number of anilines is 2.